The summed E-state index contributed by atoms with van der Waals surface area (Å²) in [4.78, 5) is 21.4. The Morgan fingerprint density at radius 1 is 1.61 bits per heavy atom. The Bertz CT molecular complexity index is 610. The van der Waals surface area contributed by atoms with Gasteiger partial charge in [0.1, 0.15) is 12.3 Å². The first-order chi connectivity index (χ1) is 8.52. The summed E-state index contributed by atoms with van der Waals surface area (Å²) in [6, 6.07) is 0. The number of halogens is 1. The molecule has 0 saturated heterocycles. The lowest BCUT2D eigenvalue weighted by Gasteiger charge is -2.13. The van der Waals surface area contributed by atoms with E-state index in [4.69, 9.17) is 15.9 Å². The molecule has 0 unspecified atom stereocenters. The van der Waals surface area contributed by atoms with Gasteiger partial charge in [-0.2, -0.15) is 4.98 Å². The van der Waals surface area contributed by atoms with Crippen molar-refractivity contribution < 1.29 is 14.6 Å². The largest absolute Gasteiger partial charge is 0.394 e. The SMILES string of the molecule is Nc1nc2c(ncn2C[C@H](F)[C@@H](O)CO)c(=O)[nH]1. The predicted octanol–water partition coefficient (Wildman–Crippen LogP) is -1.61. The number of rotatable bonds is 4. The third-order valence-corrected chi connectivity index (χ3v) is 2.47. The van der Waals surface area contributed by atoms with Crippen LogP contribution in [0.4, 0.5) is 10.3 Å². The first-order valence-corrected chi connectivity index (χ1v) is 5.16. The standard InChI is InChI=1S/C9H12FN5O3/c10-4(5(17)2-16)1-15-3-12-6-7(15)13-9(11)14-8(6)18/h3-5,16-17H,1-2H2,(H3,11,13,14,18)/t4-,5-/m0/s1. The number of H-pyrrole nitrogens is 1. The Kier molecular flexibility index (Phi) is 3.26. The number of aromatic amines is 1. The highest BCUT2D eigenvalue weighted by Gasteiger charge is 2.20. The van der Waals surface area contributed by atoms with Crippen molar-refractivity contribution in [3.8, 4) is 0 Å². The number of nitrogens with two attached hydrogens (primary N) is 1. The van der Waals surface area contributed by atoms with Crippen LogP contribution in [0.5, 0.6) is 0 Å². The van der Waals surface area contributed by atoms with Crippen molar-refractivity contribution in [3.63, 3.8) is 0 Å². The summed E-state index contributed by atoms with van der Waals surface area (Å²) in [6.07, 6.45) is -1.97. The number of imidazole rings is 1. The number of hydrogen-bond donors (Lipinski definition) is 4. The van der Waals surface area contributed by atoms with Crippen LogP contribution in [0.3, 0.4) is 0 Å². The van der Waals surface area contributed by atoms with Crippen LogP contribution in [0.15, 0.2) is 11.1 Å². The number of hydrogen-bond acceptors (Lipinski definition) is 6. The van der Waals surface area contributed by atoms with Crippen LogP contribution < -0.4 is 11.3 Å². The van der Waals surface area contributed by atoms with Gasteiger partial charge in [0.25, 0.3) is 5.56 Å². The molecular formula is C9H12FN5O3. The Labute approximate surface area is 99.9 Å². The number of nitrogen functional groups attached to an aromatic ring is 1. The van der Waals surface area contributed by atoms with Gasteiger partial charge in [-0.25, -0.2) is 9.37 Å². The lowest BCUT2D eigenvalue weighted by Crippen LogP contribution is -2.29. The Hall–Kier alpha value is -2.00. The number of aliphatic hydroxyl groups excluding tert-OH is 2. The summed E-state index contributed by atoms with van der Waals surface area (Å²) in [6.45, 7) is -0.974. The fourth-order valence-electron chi connectivity index (χ4n) is 1.53. The second kappa shape index (κ2) is 4.70. The maximum Gasteiger partial charge on any atom is 0.280 e. The van der Waals surface area contributed by atoms with Crippen molar-refractivity contribution in [1.82, 2.24) is 19.5 Å². The third-order valence-electron chi connectivity index (χ3n) is 2.47. The zero-order chi connectivity index (χ0) is 13.3. The van der Waals surface area contributed by atoms with E-state index in [0.717, 1.165) is 0 Å². The highest BCUT2D eigenvalue weighted by atomic mass is 19.1. The quantitative estimate of drug-likeness (QED) is 0.521. The van der Waals surface area contributed by atoms with E-state index >= 15 is 0 Å². The number of anilines is 1. The minimum atomic E-state index is -1.70. The van der Waals surface area contributed by atoms with Gasteiger partial charge in [0, 0.05) is 0 Å². The minimum Gasteiger partial charge on any atom is -0.394 e. The molecule has 2 rings (SSSR count). The second-order valence-corrected chi connectivity index (χ2v) is 3.79. The lowest BCUT2D eigenvalue weighted by atomic mass is 10.2. The summed E-state index contributed by atoms with van der Waals surface area (Å²) >= 11 is 0. The lowest BCUT2D eigenvalue weighted by molar-refractivity contribution is 0.0220. The molecule has 0 radical (unpaired) electrons. The summed E-state index contributed by atoms with van der Waals surface area (Å²) in [5.74, 6) is -0.104. The van der Waals surface area contributed by atoms with E-state index < -0.39 is 24.4 Å². The molecule has 2 aromatic heterocycles. The van der Waals surface area contributed by atoms with Gasteiger partial charge in [-0.3, -0.25) is 9.78 Å². The van der Waals surface area contributed by atoms with E-state index in [2.05, 4.69) is 15.0 Å². The van der Waals surface area contributed by atoms with Gasteiger partial charge in [-0.05, 0) is 0 Å². The molecule has 0 aliphatic carbocycles. The van der Waals surface area contributed by atoms with Crippen molar-refractivity contribution in [2.45, 2.75) is 18.8 Å². The zero-order valence-electron chi connectivity index (χ0n) is 9.25. The molecule has 2 atom stereocenters. The van der Waals surface area contributed by atoms with E-state index in [0.29, 0.717) is 0 Å². The van der Waals surface area contributed by atoms with E-state index in [9.17, 15) is 9.18 Å². The first kappa shape index (κ1) is 12.5. The Morgan fingerprint density at radius 3 is 3.00 bits per heavy atom. The van der Waals surface area contributed by atoms with Crippen LogP contribution in [0.2, 0.25) is 0 Å². The molecular weight excluding hydrogens is 245 g/mol. The summed E-state index contributed by atoms with van der Waals surface area (Å²) in [5, 5.41) is 17.8. The zero-order valence-corrected chi connectivity index (χ0v) is 9.25. The summed E-state index contributed by atoms with van der Waals surface area (Å²) in [7, 11) is 0. The Morgan fingerprint density at radius 2 is 2.33 bits per heavy atom. The van der Waals surface area contributed by atoms with Crippen molar-refractivity contribution in [3.05, 3.63) is 16.7 Å². The number of aliphatic hydroxyl groups is 2. The molecule has 18 heavy (non-hydrogen) atoms. The molecule has 8 nitrogen and oxygen atoms in total. The van der Waals surface area contributed by atoms with Crippen LogP contribution in [0.1, 0.15) is 0 Å². The molecule has 98 valence electrons. The molecule has 0 fully saturated rings. The normalized spacial score (nSPS) is 14.8. The monoisotopic (exact) mass is 257 g/mol. The van der Waals surface area contributed by atoms with Crippen LogP contribution in [-0.4, -0.2) is 48.6 Å². The molecule has 0 spiro atoms. The van der Waals surface area contributed by atoms with Gasteiger partial charge < -0.3 is 20.5 Å². The highest BCUT2D eigenvalue weighted by molar-refractivity contribution is 5.70. The van der Waals surface area contributed by atoms with Gasteiger partial charge in [0.2, 0.25) is 5.95 Å². The number of nitrogens with zero attached hydrogens (tertiary/aromatic N) is 3. The predicted molar refractivity (Wildman–Crippen MR) is 60.5 cm³/mol. The molecule has 5 N–H and O–H groups in total. The van der Waals surface area contributed by atoms with Crippen molar-refractivity contribution in [2.24, 2.45) is 0 Å². The van der Waals surface area contributed by atoms with Crippen molar-refractivity contribution in [1.29, 1.82) is 0 Å². The van der Waals surface area contributed by atoms with Gasteiger partial charge in [-0.15, -0.1) is 0 Å². The summed E-state index contributed by atoms with van der Waals surface area (Å²) < 4.78 is 14.7. The molecule has 2 heterocycles. The second-order valence-electron chi connectivity index (χ2n) is 3.79. The van der Waals surface area contributed by atoms with Gasteiger partial charge >= 0.3 is 0 Å². The molecule has 0 aromatic carbocycles. The fourth-order valence-corrected chi connectivity index (χ4v) is 1.53. The fraction of sp³-hybridized carbons (Fsp3) is 0.444. The van der Waals surface area contributed by atoms with Gasteiger partial charge in [0.15, 0.2) is 11.2 Å². The van der Waals surface area contributed by atoms with E-state index in [-0.39, 0.29) is 23.7 Å². The van der Waals surface area contributed by atoms with E-state index in [1.807, 2.05) is 0 Å². The van der Waals surface area contributed by atoms with Crippen LogP contribution in [0.25, 0.3) is 11.2 Å². The van der Waals surface area contributed by atoms with Crippen molar-refractivity contribution in [2.75, 3.05) is 12.3 Å². The Balaban J connectivity index is 2.38. The maximum atomic E-state index is 13.5. The highest BCUT2D eigenvalue weighted by Crippen LogP contribution is 2.10. The van der Waals surface area contributed by atoms with E-state index in [1.54, 1.807) is 0 Å². The molecule has 0 aliphatic heterocycles. The molecule has 2 aromatic rings. The smallest absolute Gasteiger partial charge is 0.280 e. The summed E-state index contributed by atoms with van der Waals surface area (Å²) in [5.41, 5.74) is 5.03. The first-order valence-electron chi connectivity index (χ1n) is 5.16. The number of nitrogens with one attached hydrogen (secondary N) is 1. The molecule has 0 saturated carbocycles. The average Bonchev–Trinajstić information content (AvgIpc) is 2.71. The van der Waals surface area contributed by atoms with Crippen LogP contribution >= 0.6 is 0 Å². The molecule has 0 aliphatic rings. The minimum absolute atomic E-state index is 0.0369. The number of fused-ring (bicyclic) bond motifs is 1. The molecule has 0 amide bonds. The van der Waals surface area contributed by atoms with Crippen LogP contribution in [0, 0.1) is 0 Å². The van der Waals surface area contributed by atoms with E-state index in [1.165, 1.54) is 10.9 Å². The van der Waals surface area contributed by atoms with Gasteiger partial charge in [-0.1, -0.05) is 0 Å². The number of alkyl halides is 1. The third kappa shape index (κ3) is 2.17. The molecule has 9 heteroatoms. The van der Waals surface area contributed by atoms with Crippen molar-refractivity contribution >= 4 is 17.1 Å². The van der Waals surface area contributed by atoms with Gasteiger partial charge in [0.05, 0.1) is 19.5 Å². The topological polar surface area (TPSA) is 130 Å². The van der Waals surface area contributed by atoms with Crippen LogP contribution in [-0.2, 0) is 6.54 Å². The molecule has 0 bridgehead atoms. The maximum absolute atomic E-state index is 13.5. The number of aromatic nitrogens is 4. The average molecular weight is 257 g/mol.